The summed E-state index contributed by atoms with van der Waals surface area (Å²) in [5.41, 5.74) is 6.31. The van der Waals surface area contributed by atoms with Crippen molar-refractivity contribution in [2.24, 2.45) is 10.7 Å². The average molecular weight is 496 g/mol. The second kappa shape index (κ2) is 14.5. The van der Waals surface area contributed by atoms with Crippen LogP contribution < -0.4 is 21.7 Å². The number of hydrogen-bond donors (Lipinski definition) is 4. The average Bonchev–Trinajstić information content (AvgIpc) is 2.83. The highest BCUT2D eigenvalue weighted by Crippen LogP contribution is 2.14. The topological polar surface area (TPSA) is 144 Å². The number of rotatable bonds is 14. The zero-order valence-electron chi connectivity index (χ0n) is 18.9. The highest BCUT2D eigenvalue weighted by Gasteiger charge is 2.26. The number of carbonyl (C=O) groups is 2. The lowest BCUT2D eigenvalue weighted by Crippen LogP contribution is -2.45. The summed E-state index contributed by atoms with van der Waals surface area (Å²) in [7, 11) is 0. The van der Waals surface area contributed by atoms with Crippen molar-refractivity contribution in [1.29, 1.82) is 0 Å². The number of aryl methyl sites for hydroxylation is 1. The van der Waals surface area contributed by atoms with E-state index in [-0.39, 0.29) is 12.4 Å². The molecule has 2 aromatic rings. The number of amides is 2. The lowest BCUT2D eigenvalue weighted by atomic mass is 10.2. The molecule has 0 aliphatic rings. The van der Waals surface area contributed by atoms with Gasteiger partial charge in [-0.3, -0.25) is 9.59 Å². The third-order valence-corrected chi connectivity index (χ3v) is 4.48. The van der Waals surface area contributed by atoms with Gasteiger partial charge in [0.1, 0.15) is 18.2 Å². The standard InChI is InChI=1S/C22H28F3N7O3/c23-22(24,25)14-29-21(26)32-18-10-12-27-17(31-18)9-5-2-6-11-28-19(34)20(30-15-33)35-13-16-7-3-1-4-8-16/h1,3-4,7-8,10,12,15,20H,2,5-6,9,11,13-14H2,(H,28,34)(H,30,33)(H3,26,27,29,31,32). The minimum Gasteiger partial charge on any atom is -0.370 e. The summed E-state index contributed by atoms with van der Waals surface area (Å²) in [6, 6.07) is 10.7. The molecule has 2 amide bonds. The van der Waals surface area contributed by atoms with Crippen LogP contribution in [0.4, 0.5) is 19.0 Å². The van der Waals surface area contributed by atoms with Crippen molar-refractivity contribution in [3.05, 3.63) is 54.0 Å². The largest absolute Gasteiger partial charge is 0.408 e. The summed E-state index contributed by atoms with van der Waals surface area (Å²) < 4.78 is 42.1. The fourth-order valence-electron chi connectivity index (χ4n) is 2.84. The van der Waals surface area contributed by atoms with Gasteiger partial charge in [0.2, 0.25) is 12.6 Å². The SMILES string of the molecule is NC(=NCC(F)(F)F)Nc1ccnc(CCCCCNC(=O)C(NC=O)OCc2ccccc2)n1. The molecule has 0 aliphatic carbocycles. The van der Waals surface area contributed by atoms with Gasteiger partial charge in [-0.05, 0) is 24.5 Å². The number of alkyl halides is 3. The van der Waals surface area contributed by atoms with Crippen LogP contribution in [0, 0.1) is 0 Å². The molecule has 0 spiro atoms. The number of ether oxygens (including phenoxy) is 1. The Labute approximate surface area is 200 Å². The Morgan fingerprint density at radius 2 is 1.94 bits per heavy atom. The molecule has 0 saturated heterocycles. The van der Waals surface area contributed by atoms with Crippen molar-refractivity contribution in [2.75, 3.05) is 18.4 Å². The predicted molar refractivity (Wildman–Crippen MR) is 123 cm³/mol. The van der Waals surface area contributed by atoms with Crippen LogP contribution in [0.5, 0.6) is 0 Å². The first-order chi connectivity index (χ1) is 16.8. The maximum absolute atomic E-state index is 12.3. The molecule has 0 bridgehead atoms. The lowest BCUT2D eigenvalue weighted by Gasteiger charge is -2.16. The highest BCUT2D eigenvalue weighted by atomic mass is 19.4. The number of guanidine groups is 1. The first kappa shape index (κ1) is 27.5. The van der Waals surface area contributed by atoms with E-state index in [1.807, 2.05) is 30.3 Å². The van der Waals surface area contributed by atoms with Crippen LogP contribution in [0.1, 0.15) is 30.7 Å². The molecule has 35 heavy (non-hydrogen) atoms. The van der Waals surface area contributed by atoms with E-state index >= 15 is 0 Å². The number of carbonyl (C=O) groups excluding carboxylic acids is 2. The van der Waals surface area contributed by atoms with Gasteiger partial charge < -0.3 is 26.4 Å². The molecular weight excluding hydrogens is 467 g/mol. The minimum atomic E-state index is -4.44. The monoisotopic (exact) mass is 495 g/mol. The second-order valence-electron chi connectivity index (χ2n) is 7.36. The quantitative estimate of drug-likeness (QED) is 0.103. The van der Waals surface area contributed by atoms with E-state index in [0.29, 0.717) is 31.6 Å². The zero-order valence-corrected chi connectivity index (χ0v) is 18.9. The summed E-state index contributed by atoms with van der Waals surface area (Å²) in [5.74, 6) is -0.0973. The number of nitrogens with one attached hydrogen (secondary N) is 3. The molecule has 2 rings (SSSR count). The van der Waals surface area contributed by atoms with Crippen molar-refractivity contribution in [3.8, 4) is 0 Å². The van der Waals surface area contributed by atoms with Gasteiger partial charge >= 0.3 is 6.18 Å². The summed E-state index contributed by atoms with van der Waals surface area (Å²) in [6.45, 7) is -0.821. The van der Waals surface area contributed by atoms with Crippen molar-refractivity contribution < 1.29 is 27.5 Å². The van der Waals surface area contributed by atoms with Crippen molar-refractivity contribution in [3.63, 3.8) is 0 Å². The molecule has 0 radical (unpaired) electrons. The fraction of sp³-hybridized carbons (Fsp3) is 0.409. The summed E-state index contributed by atoms with van der Waals surface area (Å²) >= 11 is 0. The Bertz CT molecular complexity index is 959. The van der Waals surface area contributed by atoms with Crippen molar-refractivity contribution in [2.45, 2.75) is 44.7 Å². The Hall–Kier alpha value is -3.74. The number of nitrogens with zero attached hydrogens (tertiary/aromatic N) is 3. The van der Waals surface area contributed by atoms with Gasteiger partial charge in [-0.1, -0.05) is 36.8 Å². The number of nitrogens with two attached hydrogens (primary N) is 1. The lowest BCUT2D eigenvalue weighted by molar-refractivity contribution is -0.138. The van der Waals surface area contributed by atoms with Gasteiger partial charge in [0.05, 0.1) is 6.61 Å². The number of hydrogen-bond acceptors (Lipinski definition) is 6. The number of halogens is 3. The molecule has 0 saturated carbocycles. The van der Waals surface area contributed by atoms with Gasteiger partial charge in [-0.2, -0.15) is 13.2 Å². The maximum atomic E-state index is 12.3. The van der Waals surface area contributed by atoms with Crippen LogP contribution >= 0.6 is 0 Å². The maximum Gasteiger partial charge on any atom is 0.408 e. The minimum absolute atomic E-state index is 0.174. The van der Waals surface area contributed by atoms with Crippen molar-refractivity contribution >= 4 is 24.1 Å². The normalized spacial score (nSPS) is 12.6. The number of aromatic nitrogens is 2. The van der Waals surface area contributed by atoms with Crippen LogP contribution in [0.2, 0.25) is 0 Å². The Balaban J connectivity index is 1.67. The molecule has 1 atom stereocenters. The third-order valence-electron chi connectivity index (χ3n) is 4.48. The summed E-state index contributed by atoms with van der Waals surface area (Å²) in [4.78, 5) is 34.6. The number of anilines is 1. The van der Waals surface area contributed by atoms with Gasteiger partial charge in [0.25, 0.3) is 5.91 Å². The highest BCUT2D eigenvalue weighted by molar-refractivity contribution is 5.91. The molecule has 1 aromatic carbocycles. The first-order valence-corrected chi connectivity index (χ1v) is 10.9. The Kier molecular flexibility index (Phi) is 11.4. The van der Waals surface area contributed by atoms with Crippen LogP contribution in [-0.2, 0) is 27.4 Å². The Morgan fingerprint density at radius 3 is 2.66 bits per heavy atom. The van der Waals surface area contributed by atoms with E-state index in [4.69, 9.17) is 10.5 Å². The summed E-state index contributed by atoms with van der Waals surface area (Å²) in [6.07, 6.45) is -0.977. The number of aliphatic imine (C=N–C) groups is 1. The van der Waals surface area contributed by atoms with E-state index in [1.165, 1.54) is 12.3 Å². The molecule has 0 aliphatic heterocycles. The van der Waals surface area contributed by atoms with Crippen LogP contribution in [0.15, 0.2) is 47.6 Å². The molecule has 1 unspecified atom stereocenters. The molecule has 0 fully saturated rings. The number of unbranched alkanes of at least 4 members (excludes halogenated alkanes) is 2. The molecule has 10 nitrogen and oxygen atoms in total. The fourth-order valence-corrected chi connectivity index (χ4v) is 2.84. The van der Waals surface area contributed by atoms with E-state index < -0.39 is 30.8 Å². The smallest absolute Gasteiger partial charge is 0.370 e. The van der Waals surface area contributed by atoms with Gasteiger partial charge in [-0.15, -0.1) is 0 Å². The predicted octanol–water partition coefficient (Wildman–Crippen LogP) is 1.88. The molecule has 1 heterocycles. The Morgan fingerprint density at radius 1 is 1.17 bits per heavy atom. The van der Waals surface area contributed by atoms with Gasteiger partial charge in [-0.25, -0.2) is 15.0 Å². The number of benzene rings is 1. The molecular formula is C22H28F3N7O3. The summed E-state index contributed by atoms with van der Waals surface area (Å²) in [5, 5.41) is 7.58. The van der Waals surface area contributed by atoms with Gasteiger partial charge in [0.15, 0.2) is 5.96 Å². The van der Waals surface area contributed by atoms with Crippen LogP contribution in [0.25, 0.3) is 0 Å². The molecule has 5 N–H and O–H groups in total. The van der Waals surface area contributed by atoms with E-state index in [0.717, 1.165) is 18.4 Å². The van der Waals surface area contributed by atoms with E-state index in [9.17, 15) is 22.8 Å². The van der Waals surface area contributed by atoms with Crippen LogP contribution in [-0.4, -0.2) is 53.7 Å². The van der Waals surface area contributed by atoms with E-state index in [2.05, 4.69) is 30.9 Å². The molecule has 13 heteroatoms. The third kappa shape index (κ3) is 11.8. The molecule has 190 valence electrons. The van der Waals surface area contributed by atoms with Crippen LogP contribution in [0.3, 0.4) is 0 Å². The first-order valence-electron chi connectivity index (χ1n) is 10.9. The van der Waals surface area contributed by atoms with Gasteiger partial charge in [0, 0.05) is 19.2 Å². The van der Waals surface area contributed by atoms with E-state index in [1.54, 1.807) is 0 Å². The molecule has 1 aromatic heterocycles. The second-order valence-corrected chi connectivity index (χ2v) is 7.36. The zero-order chi connectivity index (χ0) is 25.5. The van der Waals surface area contributed by atoms with Crippen molar-refractivity contribution in [1.82, 2.24) is 20.6 Å².